The summed E-state index contributed by atoms with van der Waals surface area (Å²) in [5, 5.41) is 11.9. The van der Waals surface area contributed by atoms with E-state index in [9.17, 15) is 5.11 Å². The maximum absolute atomic E-state index is 10.7. The number of hydrogen-bond donors (Lipinski definition) is 1. The number of aliphatic hydroxyl groups excluding tert-OH is 1. The van der Waals surface area contributed by atoms with Crippen molar-refractivity contribution in [2.45, 2.75) is 24.4 Å². The van der Waals surface area contributed by atoms with E-state index in [0.717, 1.165) is 23.2 Å². The van der Waals surface area contributed by atoms with E-state index in [2.05, 4.69) is 30.3 Å². The van der Waals surface area contributed by atoms with Crippen LogP contribution in [0.15, 0.2) is 52.9 Å². The summed E-state index contributed by atoms with van der Waals surface area (Å²) in [6.45, 7) is 0. The van der Waals surface area contributed by atoms with Crippen molar-refractivity contribution >= 4 is 11.0 Å². The molecule has 0 fully saturated rings. The lowest BCUT2D eigenvalue weighted by Gasteiger charge is -2.24. The minimum Gasteiger partial charge on any atom is -0.458 e. The van der Waals surface area contributed by atoms with E-state index >= 15 is 0 Å². The predicted molar refractivity (Wildman–Crippen MR) is 76.8 cm³/mol. The van der Waals surface area contributed by atoms with Gasteiger partial charge in [-0.25, -0.2) is 0 Å². The normalized spacial score (nSPS) is 26.6. The van der Waals surface area contributed by atoms with Crippen LogP contribution in [0.2, 0.25) is 0 Å². The van der Waals surface area contributed by atoms with Gasteiger partial charge in [0.25, 0.3) is 0 Å². The van der Waals surface area contributed by atoms with Crippen molar-refractivity contribution < 1.29 is 9.52 Å². The summed E-state index contributed by atoms with van der Waals surface area (Å²) < 4.78 is 5.96. The van der Waals surface area contributed by atoms with E-state index in [4.69, 9.17) is 4.42 Å². The number of rotatable bonds is 0. The quantitative estimate of drug-likeness (QED) is 0.661. The van der Waals surface area contributed by atoms with Crippen LogP contribution in [0.1, 0.15) is 46.8 Å². The zero-order valence-electron chi connectivity index (χ0n) is 10.9. The molecule has 2 aromatic carbocycles. The average Bonchev–Trinajstić information content (AvgIpc) is 3.03. The molecule has 2 heteroatoms. The molecule has 2 aliphatic rings. The molecule has 0 unspecified atom stereocenters. The van der Waals surface area contributed by atoms with Crippen LogP contribution in [-0.2, 0) is 0 Å². The summed E-state index contributed by atoms with van der Waals surface area (Å²) in [6.07, 6.45) is 0.481. The van der Waals surface area contributed by atoms with Gasteiger partial charge in [-0.15, -0.1) is 0 Å². The Hall–Kier alpha value is -2.06. The van der Waals surface area contributed by atoms with Crippen LogP contribution in [0.3, 0.4) is 0 Å². The standard InChI is InChI=1S/C18H14O2/c19-17-14-9-13(10-5-1-2-6-11(10)14)16-12-7-3-4-8-15(12)20-18(16)17/h1-8,13-14,17,19H,9H2/t13-,14+,17+/m1/s1. The first-order valence-electron chi connectivity index (χ1n) is 7.13. The lowest BCUT2D eigenvalue weighted by Crippen LogP contribution is -2.14. The van der Waals surface area contributed by atoms with Gasteiger partial charge < -0.3 is 9.52 Å². The Morgan fingerprint density at radius 3 is 2.60 bits per heavy atom. The van der Waals surface area contributed by atoms with Gasteiger partial charge in [-0.05, 0) is 23.6 Å². The number of furan rings is 1. The largest absolute Gasteiger partial charge is 0.458 e. The van der Waals surface area contributed by atoms with Gasteiger partial charge in [0, 0.05) is 22.8 Å². The molecule has 2 aliphatic carbocycles. The zero-order chi connectivity index (χ0) is 13.3. The maximum atomic E-state index is 10.7. The summed E-state index contributed by atoms with van der Waals surface area (Å²) in [6, 6.07) is 16.6. The summed E-state index contributed by atoms with van der Waals surface area (Å²) in [4.78, 5) is 0. The molecule has 0 spiro atoms. The van der Waals surface area contributed by atoms with E-state index < -0.39 is 6.10 Å². The first kappa shape index (κ1) is 10.7. The average molecular weight is 262 g/mol. The van der Waals surface area contributed by atoms with E-state index in [-0.39, 0.29) is 5.92 Å². The van der Waals surface area contributed by atoms with Crippen molar-refractivity contribution in [1.82, 2.24) is 0 Å². The van der Waals surface area contributed by atoms with E-state index in [0.29, 0.717) is 5.92 Å². The molecule has 0 radical (unpaired) electrons. The second-order valence-corrected chi connectivity index (χ2v) is 5.84. The second-order valence-electron chi connectivity index (χ2n) is 5.84. The van der Waals surface area contributed by atoms with Gasteiger partial charge in [0.2, 0.25) is 0 Å². The van der Waals surface area contributed by atoms with Crippen LogP contribution in [0, 0.1) is 0 Å². The van der Waals surface area contributed by atoms with Crippen molar-refractivity contribution in [2.24, 2.45) is 0 Å². The first-order chi connectivity index (χ1) is 9.84. The number of aliphatic hydroxyl groups is 1. The summed E-state index contributed by atoms with van der Waals surface area (Å²) in [5.74, 6) is 1.34. The molecule has 0 saturated heterocycles. The molecule has 5 rings (SSSR count). The van der Waals surface area contributed by atoms with Crippen LogP contribution >= 0.6 is 0 Å². The molecule has 0 amide bonds. The third kappa shape index (κ3) is 1.14. The lowest BCUT2D eigenvalue weighted by atomic mass is 9.82. The fourth-order valence-corrected chi connectivity index (χ4v) is 4.09. The van der Waals surface area contributed by atoms with E-state index in [1.165, 1.54) is 16.7 Å². The minimum absolute atomic E-state index is 0.185. The second kappa shape index (κ2) is 3.53. The molecule has 98 valence electrons. The van der Waals surface area contributed by atoms with Gasteiger partial charge in [0.1, 0.15) is 17.4 Å². The number of benzene rings is 2. The highest BCUT2D eigenvalue weighted by molar-refractivity contribution is 5.84. The lowest BCUT2D eigenvalue weighted by molar-refractivity contribution is 0.111. The molecule has 0 saturated carbocycles. The first-order valence-corrected chi connectivity index (χ1v) is 7.13. The molecule has 2 nitrogen and oxygen atoms in total. The fourth-order valence-electron chi connectivity index (χ4n) is 4.09. The Labute approximate surface area is 116 Å². The van der Waals surface area contributed by atoms with Gasteiger partial charge >= 0.3 is 0 Å². The van der Waals surface area contributed by atoms with Crippen LogP contribution < -0.4 is 0 Å². The summed E-state index contributed by atoms with van der Waals surface area (Å²) in [5.41, 5.74) is 4.75. The Kier molecular flexibility index (Phi) is 1.89. The van der Waals surface area contributed by atoms with Crippen molar-refractivity contribution in [3.63, 3.8) is 0 Å². The van der Waals surface area contributed by atoms with Gasteiger partial charge in [-0.3, -0.25) is 0 Å². The van der Waals surface area contributed by atoms with Crippen LogP contribution in [-0.4, -0.2) is 5.11 Å². The van der Waals surface area contributed by atoms with Crippen LogP contribution in [0.5, 0.6) is 0 Å². The maximum Gasteiger partial charge on any atom is 0.138 e. The molecular weight excluding hydrogens is 248 g/mol. The molecule has 0 aliphatic heterocycles. The highest BCUT2D eigenvalue weighted by Crippen LogP contribution is 2.58. The molecule has 1 aromatic heterocycles. The molecular formula is C18H14O2. The van der Waals surface area contributed by atoms with Gasteiger partial charge in [-0.2, -0.15) is 0 Å². The Balaban J connectivity index is 1.88. The van der Waals surface area contributed by atoms with Gasteiger partial charge in [0.15, 0.2) is 0 Å². The highest BCUT2D eigenvalue weighted by atomic mass is 16.4. The van der Waals surface area contributed by atoms with E-state index in [1.807, 2.05) is 18.2 Å². The van der Waals surface area contributed by atoms with Crippen molar-refractivity contribution in [3.8, 4) is 0 Å². The number of hydrogen-bond acceptors (Lipinski definition) is 2. The number of fused-ring (bicyclic) bond motifs is 9. The third-order valence-electron chi connectivity index (χ3n) is 4.92. The topological polar surface area (TPSA) is 33.4 Å². The Morgan fingerprint density at radius 1 is 0.950 bits per heavy atom. The molecule has 1 N–H and O–H groups in total. The highest BCUT2D eigenvalue weighted by Gasteiger charge is 2.45. The fraction of sp³-hybridized carbons (Fsp3) is 0.222. The number of para-hydroxylation sites is 1. The van der Waals surface area contributed by atoms with Crippen LogP contribution in [0.4, 0.5) is 0 Å². The van der Waals surface area contributed by atoms with Gasteiger partial charge in [-0.1, -0.05) is 42.5 Å². The third-order valence-corrected chi connectivity index (χ3v) is 4.92. The summed E-state index contributed by atoms with van der Waals surface area (Å²) in [7, 11) is 0. The monoisotopic (exact) mass is 262 g/mol. The van der Waals surface area contributed by atoms with Crippen molar-refractivity contribution in [3.05, 3.63) is 71.0 Å². The molecule has 1 heterocycles. The molecule has 3 aromatic rings. The van der Waals surface area contributed by atoms with Crippen molar-refractivity contribution in [2.75, 3.05) is 0 Å². The van der Waals surface area contributed by atoms with E-state index in [1.54, 1.807) is 0 Å². The zero-order valence-corrected chi connectivity index (χ0v) is 10.9. The van der Waals surface area contributed by atoms with Gasteiger partial charge in [0.05, 0.1) is 0 Å². The minimum atomic E-state index is -0.516. The Bertz CT molecular complexity index is 830. The molecule has 2 bridgehead atoms. The molecule has 3 atom stereocenters. The predicted octanol–water partition coefficient (Wildman–Crippen LogP) is 4.10. The smallest absolute Gasteiger partial charge is 0.138 e. The SMILES string of the molecule is O[C@@H]1c2oc3ccccc3c2[C@@H]2C[C@H]1c1ccccc12. The van der Waals surface area contributed by atoms with Crippen molar-refractivity contribution in [1.29, 1.82) is 0 Å². The molecule has 20 heavy (non-hydrogen) atoms. The van der Waals surface area contributed by atoms with Crippen LogP contribution in [0.25, 0.3) is 11.0 Å². The Morgan fingerprint density at radius 2 is 1.70 bits per heavy atom. The summed E-state index contributed by atoms with van der Waals surface area (Å²) >= 11 is 0.